The third-order valence-corrected chi connectivity index (χ3v) is 3.67. The quantitative estimate of drug-likeness (QED) is 0.729. The second-order valence-electron chi connectivity index (χ2n) is 5.14. The second kappa shape index (κ2) is 5.86. The normalized spacial score (nSPS) is 31.8. The van der Waals surface area contributed by atoms with Gasteiger partial charge in [0.05, 0.1) is 6.10 Å². The van der Waals surface area contributed by atoms with Crippen LogP contribution in [0.15, 0.2) is 0 Å². The lowest BCUT2D eigenvalue weighted by Crippen LogP contribution is -2.37. The highest BCUT2D eigenvalue weighted by Gasteiger charge is 2.28. The van der Waals surface area contributed by atoms with Crippen molar-refractivity contribution in [3.05, 3.63) is 0 Å². The smallest absolute Gasteiger partial charge is 0.0615 e. The van der Waals surface area contributed by atoms with Gasteiger partial charge in [-0.2, -0.15) is 0 Å². The first kappa shape index (κ1) is 11.4. The van der Waals surface area contributed by atoms with Crippen LogP contribution in [-0.2, 0) is 4.74 Å². The molecule has 0 radical (unpaired) electrons. The molecular formula is C13H25NO. The summed E-state index contributed by atoms with van der Waals surface area (Å²) >= 11 is 0. The van der Waals surface area contributed by atoms with E-state index in [2.05, 4.69) is 12.2 Å². The first-order chi connectivity index (χ1) is 7.40. The molecule has 1 N–H and O–H groups in total. The summed E-state index contributed by atoms with van der Waals surface area (Å²) in [7, 11) is 0. The van der Waals surface area contributed by atoms with Gasteiger partial charge in [0, 0.05) is 19.2 Å². The van der Waals surface area contributed by atoms with E-state index in [-0.39, 0.29) is 0 Å². The fraction of sp³-hybridized carbons (Fsp3) is 1.00. The van der Waals surface area contributed by atoms with Crippen LogP contribution in [0.1, 0.15) is 51.9 Å². The minimum Gasteiger partial charge on any atom is -0.378 e. The summed E-state index contributed by atoms with van der Waals surface area (Å²) in [5.41, 5.74) is 0. The monoisotopic (exact) mass is 211 g/mol. The highest BCUT2D eigenvalue weighted by atomic mass is 16.5. The lowest BCUT2D eigenvalue weighted by Gasteiger charge is -2.32. The zero-order valence-electron chi connectivity index (χ0n) is 10.0. The van der Waals surface area contributed by atoms with Crippen LogP contribution in [0.5, 0.6) is 0 Å². The predicted octanol–water partition coefficient (Wildman–Crippen LogP) is 2.72. The molecule has 2 unspecified atom stereocenters. The van der Waals surface area contributed by atoms with E-state index in [9.17, 15) is 0 Å². The Balaban J connectivity index is 1.70. The zero-order chi connectivity index (χ0) is 10.5. The Morgan fingerprint density at radius 1 is 1.27 bits per heavy atom. The van der Waals surface area contributed by atoms with Crippen molar-refractivity contribution in [3.8, 4) is 0 Å². The van der Waals surface area contributed by atoms with Gasteiger partial charge in [0.25, 0.3) is 0 Å². The van der Waals surface area contributed by atoms with Crippen molar-refractivity contribution in [2.45, 2.75) is 64.0 Å². The SMILES string of the molecule is CCCCC1OCCCC1CNC1CC1. The van der Waals surface area contributed by atoms with Crippen LogP contribution in [0.2, 0.25) is 0 Å². The van der Waals surface area contributed by atoms with E-state index in [1.54, 1.807) is 0 Å². The van der Waals surface area contributed by atoms with Crippen LogP contribution in [-0.4, -0.2) is 25.3 Å². The predicted molar refractivity (Wildman–Crippen MR) is 63.0 cm³/mol. The molecule has 0 bridgehead atoms. The Labute approximate surface area is 93.8 Å². The number of hydrogen-bond acceptors (Lipinski definition) is 2. The van der Waals surface area contributed by atoms with E-state index in [0.29, 0.717) is 6.10 Å². The lowest BCUT2D eigenvalue weighted by atomic mass is 9.91. The molecule has 15 heavy (non-hydrogen) atoms. The molecule has 0 amide bonds. The summed E-state index contributed by atoms with van der Waals surface area (Å²) in [6.07, 6.45) is 9.86. The van der Waals surface area contributed by atoms with Crippen molar-refractivity contribution in [1.82, 2.24) is 5.32 Å². The summed E-state index contributed by atoms with van der Waals surface area (Å²) in [6, 6.07) is 0.846. The standard InChI is InChI=1S/C13H25NO/c1-2-3-6-13-11(5-4-9-15-13)10-14-12-7-8-12/h11-14H,2-10H2,1H3. The molecule has 2 nitrogen and oxygen atoms in total. The van der Waals surface area contributed by atoms with Crippen molar-refractivity contribution < 1.29 is 4.74 Å². The molecule has 2 aliphatic rings. The van der Waals surface area contributed by atoms with Crippen LogP contribution >= 0.6 is 0 Å². The van der Waals surface area contributed by atoms with Crippen molar-refractivity contribution in [3.63, 3.8) is 0 Å². The molecule has 1 heterocycles. The zero-order valence-corrected chi connectivity index (χ0v) is 10.0. The van der Waals surface area contributed by atoms with Crippen LogP contribution in [0, 0.1) is 5.92 Å². The summed E-state index contributed by atoms with van der Waals surface area (Å²) < 4.78 is 5.91. The average Bonchev–Trinajstić information content (AvgIpc) is 3.08. The van der Waals surface area contributed by atoms with Crippen LogP contribution in [0.4, 0.5) is 0 Å². The van der Waals surface area contributed by atoms with Gasteiger partial charge < -0.3 is 10.1 Å². The first-order valence-electron chi connectivity index (χ1n) is 6.75. The van der Waals surface area contributed by atoms with Gasteiger partial charge in [-0.05, 0) is 38.0 Å². The van der Waals surface area contributed by atoms with E-state index in [0.717, 1.165) is 18.6 Å². The van der Waals surface area contributed by atoms with Gasteiger partial charge in [0.15, 0.2) is 0 Å². The van der Waals surface area contributed by atoms with E-state index < -0.39 is 0 Å². The third-order valence-electron chi connectivity index (χ3n) is 3.67. The molecule has 0 aromatic rings. The van der Waals surface area contributed by atoms with Gasteiger partial charge in [-0.3, -0.25) is 0 Å². The summed E-state index contributed by atoms with van der Waals surface area (Å²) in [5, 5.41) is 3.65. The highest BCUT2D eigenvalue weighted by Crippen LogP contribution is 2.26. The molecule has 0 spiro atoms. The largest absolute Gasteiger partial charge is 0.378 e. The number of nitrogens with one attached hydrogen (secondary N) is 1. The molecule has 1 saturated carbocycles. The Bertz CT molecular complexity index is 179. The number of hydrogen-bond donors (Lipinski definition) is 1. The molecule has 1 saturated heterocycles. The minimum absolute atomic E-state index is 0.546. The molecule has 2 heteroatoms. The first-order valence-corrected chi connectivity index (χ1v) is 6.75. The molecule has 88 valence electrons. The van der Waals surface area contributed by atoms with Gasteiger partial charge in [0.1, 0.15) is 0 Å². The molecule has 2 atom stereocenters. The second-order valence-corrected chi connectivity index (χ2v) is 5.14. The highest BCUT2D eigenvalue weighted by molar-refractivity contribution is 4.84. The minimum atomic E-state index is 0.546. The van der Waals surface area contributed by atoms with Gasteiger partial charge in [-0.1, -0.05) is 19.8 Å². The van der Waals surface area contributed by atoms with Crippen LogP contribution in [0.3, 0.4) is 0 Å². The molecule has 1 aliphatic carbocycles. The molecule has 0 aromatic carbocycles. The van der Waals surface area contributed by atoms with Gasteiger partial charge >= 0.3 is 0 Å². The lowest BCUT2D eigenvalue weighted by molar-refractivity contribution is -0.0312. The van der Waals surface area contributed by atoms with Crippen molar-refractivity contribution >= 4 is 0 Å². The number of ether oxygens (including phenoxy) is 1. The molecule has 0 aromatic heterocycles. The van der Waals surface area contributed by atoms with Crippen LogP contribution in [0.25, 0.3) is 0 Å². The van der Waals surface area contributed by atoms with E-state index >= 15 is 0 Å². The Kier molecular flexibility index (Phi) is 4.45. The van der Waals surface area contributed by atoms with Crippen LogP contribution < -0.4 is 5.32 Å². The molecular weight excluding hydrogens is 186 g/mol. The summed E-state index contributed by atoms with van der Waals surface area (Å²) in [6.45, 7) is 4.45. The summed E-state index contributed by atoms with van der Waals surface area (Å²) in [5.74, 6) is 0.783. The summed E-state index contributed by atoms with van der Waals surface area (Å²) in [4.78, 5) is 0. The number of rotatable bonds is 6. The van der Waals surface area contributed by atoms with Gasteiger partial charge in [-0.25, -0.2) is 0 Å². The number of unbranched alkanes of at least 4 members (excludes halogenated alkanes) is 1. The Morgan fingerprint density at radius 3 is 2.87 bits per heavy atom. The van der Waals surface area contributed by atoms with Crippen molar-refractivity contribution in [2.24, 2.45) is 5.92 Å². The maximum atomic E-state index is 5.91. The van der Waals surface area contributed by atoms with E-state index in [1.165, 1.54) is 51.5 Å². The van der Waals surface area contributed by atoms with Crippen molar-refractivity contribution in [1.29, 1.82) is 0 Å². The fourth-order valence-corrected chi connectivity index (χ4v) is 2.47. The molecule has 1 aliphatic heterocycles. The maximum Gasteiger partial charge on any atom is 0.0615 e. The van der Waals surface area contributed by atoms with E-state index in [4.69, 9.17) is 4.74 Å². The van der Waals surface area contributed by atoms with Gasteiger partial charge in [-0.15, -0.1) is 0 Å². The average molecular weight is 211 g/mol. The third kappa shape index (κ3) is 3.76. The Hall–Kier alpha value is -0.0800. The molecule has 2 rings (SSSR count). The van der Waals surface area contributed by atoms with Crippen molar-refractivity contribution in [2.75, 3.05) is 13.2 Å². The fourth-order valence-electron chi connectivity index (χ4n) is 2.47. The topological polar surface area (TPSA) is 21.3 Å². The van der Waals surface area contributed by atoms with E-state index in [1.807, 2.05) is 0 Å². The molecule has 2 fully saturated rings. The Morgan fingerprint density at radius 2 is 2.13 bits per heavy atom. The van der Waals surface area contributed by atoms with Gasteiger partial charge in [0.2, 0.25) is 0 Å². The maximum absolute atomic E-state index is 5.91.